The van der Waals surface area contributed by atoms with Crippen LogP contribution in [0.3, 0.4) is 0 Å². The average molecular weight is 294 g/mol. The molecule has 21 heavy (non-hydrogen) atoms. The topological polar surface area (TPSA) is 33.7 Å². The second-order valence-corrected chi connectivity index (χ2v) is 5.40. The van der Waals surface area contributed by atoms with E-state index in [9.17, 15) is 0 Å². The Morgan fingerprint density at radius 1 is 1.14 bits per heavy atom. The summed E-state index contributed by atoms with van der Waals surface area (Å²) in [7, 11) is 3.38. The van der Waals surface area contributed by atoms with E-state index in [1.165, 1.54) is 5.56 Å². The monoisotopic (exact) mass is 294 g/mol. The number of ether oxygens (including phenoxy) is 2. The molecule has 1 N–H and O–H groups in total. The smallest absolute Gasteiger partial charge is 0.127 e. The van der Waals surface area contributed by atoms with E-state index >= 15 is 0 Å². The predicted octanol–water partition coefficient (Wildman–Crippen LogP) is 3.08. The van der Waals surface area contributed by atoms with Gasteiger partial charge in [-0.1, -0.05) is 19.9 Å². The molecular weight excluding hydrogens is 264 g/mol. The SMILES string of the molecule is CCNC(CN(CC)C(C)C)c1ccc(OC)cc1OC. The Hall–Kier alpha value is -1.26. The number of nitrogens with zero attached hydrogens (tertiary/aromatic N) is 1. The van der Waals surface area contributed by atoms with Crippen molar-refractivity contribution in [3.05, 3.63) is 23.8 Å². The summed E-state index contributed by atoms with van der Waals surface area (Å²) in [5.41, 5.74) is 1.18. The Bertz CT molecular complexity index is 421. The van der Waals surface area contributed by atoms with Crippen LogP contribution in [0.4, 0.5) is 0 Å². The summed E-state index contributed by atoms with van der Waals surface area (Å²) in [6.07, 6.45) is 0. The maximum Gasteiger partial charge on any atom is 0.127 e. The van der Waals surface area contributed by atoms with Gasteiger partial charge < -0.3 is 14.8 Å². The number of hydrogen-bond acceptors (Lipinski definition) is 4. The number of nitrogens with one attached hydrogen (secondary N) is 1. The van der Waals surface area contributed by atoms with Gasteiger partial charge in [0.15, 0.2) is 0 Å². The summed E-state index contributed by atoms with van der Waals surface area (Å²) in [6.45, 7) is 11.7. The Kier molecular flexibility index (Phi) is 7.54. The maximum atomic E-state index is 5.55. The number of benzene rings is 1. The maximum absolute atomic E-state index is 5.55. The lowest BCUT2D eigenvalue weighted by atomic mass is 10.0. The Balaban J connectivity index is 3.04. The molecule has 0 saturated heterocycles. The highest BCUT2D eigenvalue weighted by Crippen LogP contribution is 2.30. The summed E-state index contributed by atoms with van der Waals surface area (Å²) in [4.78, 5) is 2.46. The zero-order valence-electron chi connectivity index (χ0n) is 14.3. The van der Waals surface area contributed by atoms with Crippen molar-refractivity contribution in [1.29, 1.82) is 0 Å². The van der Waals surface area contributed by atoms with E-state index < -0.39 is 0 Å². The minimum atomic E-state index is 0.248. The van der Waals surface area contributed by atoms with Crippen LogP contribution in [0, 0.1) is 0 Å². The van der Waals surface area contributed by atoms with Crippen LogP contribution in [0.25, 0.3) is 0 Å². The van der Waals surface area contributed by atoms with E-state index in [0.29, 0.717) is 6.04 Å². The fourth-order valence-electron chi connectivity index (χ4n) is 2.57. The third-order valence-electron chi connectivity index (χ3n) is 3.82. The number of hydrogen-bond donors (Lipinski definition) is 1. The van der Waals surface area contributed by atoms with E-state index in [1.807, 2.05) is 12.1 Å². The first kappa shape index (κ1) is 17.8. The van der Waals surface area contributed by atoms with Gasteiger partial charge in [-0.3, -0.25) is 4.90 Å². The molecule has 0 fully saturated rings. The molecule has 0 aromatic heterocycles. The third-order valence-corrected chi connectivity index (χ3v) is 3.82. The highest BCUT2D eigenvalue weighted by Gasteiger charge is 2.20. The minimum Gasteiger partial charge on any atom is -0.497 e. The van der Waals surface area contributed by atoms with Crippen LogP contribution in [0.1, 0.15) is 39.3 Å². The van der Waals surface area contributed by atoms with Crippen molar-refractivity contribution in [3.63, 3.8) is 0 Å². The van der Waals surface area contributed by atoms with E-state index in [1.54, 1.807) is 14.2 Å². The summed E-state index contributed by atoms with van der Waals surface area (Å²) in [5.74, 6) is 1.70. The zero-order valence-corrected chi connectivity index (χ0v) is 14.3. The fraction of sp³-hybridized carbons (Fsp3) is 0.647. The van der Waals surface area contributed by atoms with Crippen LogP contribution in [-0.4, -0.2) is 44.8 Å². The van der Waals surface area contributed by atoms with Crippen molar-refractivity contribution < 1.29 is 9.47 Å². The van der Waals surface area contributed by atoms with Crippen LogP contribution >= 0.6 is 0 Å². The Morgan fingerprint density at radius 3 is 2.33 bits per heavy atom. The minimum absolute atomic E-state index is 0.248. The molecule has 0 spiro atoms. The predicted molar refractivity (Wildman–Crippen MR) is 88.3 cm³/mol. The molecule has 1 atom stereocenters. The summed E-state index contributed by atoms with van der Waals surface area (Å²) >= 11 is 0. The van der Waals surface area contributed by atoms with E-state index in [-0.39, 0.29) is 6.04 Å². The highest BCUT2D eigenvalue weighted by atomic mass is 16.5. The third kappa shape index (κ3) is 4.90. The molecule has 1 aromatic carbocycles. The van der Waals surface area contributed by atoms with Gasteiger partial charge in [0.1, 0.15) is 11.5 Å². The second kappa shape index (κ2) is 8.90. The van der Waals surface area contributed by atoms with Crippen molar-refractivity contribution in [2.75, 3.05) is 33.9 Å². The summed E-state index contributed by atoms with van der Waals surface area (Å²) in [5, 5.41) is 3.57. The quantitative estimate of drug-likeness (QED) is 0.759. The molecule has 0 heterocycles. The van der Waals surface area contributed by atoms with Crippen LogP contribution in [-0.2, 0) is 0 Å². The summed E-state index contributed by atoms with van der Waals surface area (Å²) in [6, 6.07) is 6.82. The zero-order chi connectivity index (χ0) is 15.8. The van der Waals surface area contributed by atoms with E-state index in [0.717, 1.165) is 31.1 Å². The van der Waals surface area contributed by atoms with Gasteiger partial charge in [0.2, 0.25) is 0 Å². The molecule has 1 rings (SSSR count). The van der Waals surface area contributed by atoms with Gasteiger partial charge in [0.25, 0.3) is 0 Å². The van der Waals surface area contributed by atoms with E-state index in [2.05, 4.69) is 44.0 Å². The van der Waals surface area contributed by atoms with Gasteiger partial charge in [-0.15, -0.1) is 0 Å². The van der Waals surface area contributed by atoms with Crippen molar-refractivity contribution in [2.45, 2.75) is 39.8 Å². The number of likely N-dealkylation sites (N-methyl/N-ethyl adjacent to an activating group) is 2. The molecule has 0 saturated carbocycles. The lowest BCUT2D eigenvalue weighted by Crippen LogP contribution is -2.39. The van der Waals surface area contributed by atoms with Gasteiger partial charge in [-0.25, -0.2) is 0 Å². The molecule has 1 aromatic rings. The number of rotatable bonds is 9. The van der Waals surface area contributed by atoms with Gasteiger partial charge in [-0.2, -0.15) is 0 Å². The number of methoxy groups -OCH3 is 2. The molecular formula is C17H30N2O2. The molecule has 0 amide bonds. The summed E-state index contributed by atoms with van der Waals surface area (Å²) < 4.78 is 10.8. The first-order valence-corrected chi connectivity index (χ1v) is 7.76. The van der Waals surface area contributed by atoms with E-state index in [4.69, 9.17) is 9.47 Å². The van der Waals surface area contributed by atoms with Crippen LogP contribution in [0.2, 0.25) is 0 Å². The van der Waals surface area contributed by atoms with Gasteiger partial charge in [-0.05, 0) is 33.0 Å². The van der Waals surface area contributed by atoms with Crippen LogP contribution in [0.5, 0.6) is 11.5 Å². The molecule has 0 bridgehead atoms. The first-order valence-electron chi connectivity index (χ1n) is 7.76. The van der Waals surface area contributed by atoms with Gasteiger partial charge in [0, 0.05) is 30.3 Å². The van der Waals surface area contributed by atoms with Gasteiger partial charge >= 0.3 is 0 Å². The van der Waals surface area contributed by atoms with Gasteiger partial charge in [0.05, 0.1) is 14.2 Å². The molecule has 0 aliphatic heterocycles. The lowest BCUT2D eigenvalue weighted by Gasteiger charge is -2.31. The fourth-order valence-corrected chi connectivity index (χ4v) is 2.57. The molecule has 0 radical (unpaired) electrons. The normalized spacial score (nSPS) is 12.8. The van der Waals surface area contributed by atoms with Crippen molar-refractivity contribution in [3.8, 4) is 11.5 Å². The van der Waals surface area contributed by atoms with Crippen LogP contribution in [0.15, 0.2) is 18.2 Å². The van der Waals surface area contributed by atoms with Crippen LogP contribution < -0.4 is 14.8 Å². The van der Waals surface area contributed by atoms with Crippen molar-refractivity contribution in [2.24, 2.45) is 0 Å². The Morgan fingerprint density at radius 2 is 1.86 bits per heavy atom. The molecule has 0 aliphatic rings. The Labute approximate surface area is 129 Å². The van der Waals surface area contributed by atoms with Crippen molar-refractivity contribution in [1.82, 2.24) is 10.2 Å². The molecule has 4 nitrogen and oxygen atoms in total. The molecule has 120 valence electrons. The largest absolute Gasteiger partial charge is 0.497 e. The second-order valence-electron chi connectivity index (χ2n) is 5.40. The molecule has 4 heteroatoms. The standard InChI is InChI=1S/C17H30N2O2/c1-7-18-16(12-19(8-2)13(3)4)15-10-9-14(20-5)11-17(15)21-6/h9-11,13,16,18H,7-8,12H2,1-6H3. The average Bonchev–Trinajstić information content (AvgIpc) is 2.50. The lowest BCUT2D eigenvalue weighted by molar-refractivity contribution is 0.206. The first-order chi connectivity index (χ1) is 10.1. The molecule has 1 unspecified atom stereocenters. The van der Waals surface area contributed by atoms with Crippen molar-refractivity contribution >= 4 is 0 Å². The molecule has 0 aliphatic carbocycles. The highest BCUT2D eigenvalue weighted by molar-refractivity contribution is 5.42.